The van der Waals surface area contributed by atoms with E-state index in [4.69, 9.17) is 13.9 Å². The minimum absolute atomic E-state index is 0.346. The minimum atomic E-state index is -3.88. The molecule has 0 saturated heterocycles. The first-order valence-corrected chi connectivity index (χ1v) is 8.43. The number of benzene rings is 1. The maximum Gasteiger partial charge on any atom is 0.389 e. The van der Waals surface area contributed by atoms with Crippen LogP contribution in [-0.2, 0) is 13.9 Å². The van der Waals surface area contributed by atoms with Crippen LogP contribution in [0.15, 0.2) is 12.1 Å². The summed E-state index contributed by atoms with van der Waals surface area (Å²) in [6.45, 7) is 5.31. The first-order chi connectivity index (χ1) is 11.0. The molecule has 1 rings (SSSR count). The summed E-state index contributed by atoms with van der Waals surface area (Å²) in [5.41, 5.74) is -3.88. The van der Waals surface area contributed by atoms with Gasteiger partial charge in [0.15, 0.2) is 17.4 Å². The summed E-state index contributed by atoms with van der Waals surface area (Å²) in [5, 5.41) is 0. The summed E-state index contributed by atoms with van der Waals surface area (Å²) in [7, 11) is -2.76. The van der Waals surface area contributed by atoms with Crippen LogP contribution in [0, 0.1) is 17.5 Å². The van der Waals surface area contributed by atoms with Gasteiger partial charge in [-0.2, -0.15) is 13.2 Å². The monoisotopic (exact) mass is 374 g/mol. The number of alkyl halides is 2. The largest absolute Gasteiger partial charge is 0.432 e. The molecule has 0 aliphatic rings. The van der Waals surface area contributed by atoms with Gasteiger partial charge >= 0.3 is 15.5 Å². The van der Waals surface area contributed by atoms with E-state index >= 15 is 0 Å². The van der Waals surface area contributed by atoms with Crippen molar-refractivity contribution in [2.45, 2.75) is 52.1 Å². The summed E-state index contributed by atoms with van der Waals surface area (Å²) in [4.78, 5) is 0. The first kappa shape index (κ1) is 20.8. The van der Waals surface area contributed by atoms with Crippen molar-refractivity contribution in [3.05, 3.63) is 29.6 Å². The summed E-state index contributed by atoms with van der Waals surface area (Å²) in [6, 6.07) is 1.06. The topological polar surface area (TPSA) is 36.9 Å². The molecule has 0 atom stereocenters. The quantitative estimate of drug-likeness (QED) is 0.288. The van der Waals surface area contributed by atoms with Crippen LogP contribution in [0.1, 0.15) is 27.7 Å². The predicted molar refractivity (Wildman–Crippen MR) is 77.8 cm³/mol. The molecule has 0 radical (unpaired) electrons. The molecule has 4 nitrogen and oxygen atoms in total. The highest BCUT2D eigenvalue weighted by atomic mass is 28.2. The lowest BCUT2D eigenvalue weighted by molar-refractivity contribution is -0.281. The Bertz CT molecular complexity index is 532. The van der Waals surface area contributed by atoms with Crippen LogP contribution in [0.2, 0.25) is 0 Å². The minimum Gasteiger partial charge on any atom is -0.432 e. The zero-order chi connectivity index (χ0) is 18.5. The molecule has 0 N–H and O–H groups in total. The Hall–Kier alpha value is -1.23. The van der Waals surface area contributed by atoms with Gasteiger partial charge in [-0.1, -0.05) is 0 Å². The zero-order valence-corrected chi connectivity index (χ0v) is 15.0. The Balaban J connectivity index is 2.72. The summed E-state index contributed by atoms with van der Waals surface area (Å²) in [6.07, 6.45) is -0.693. The first-order valence-electron chi connectivity index (χ1n) is 7.14. The highest BCUT2D eigenvalue weighted by Crippen LogP contribution is 2.27. The average Bonchev–Trinajstić information content (AvgIpc) is 2.44. The molecule has 0 saturated carbocycles. The van der Waals surface area contributed by atoms with Crippen LogP contribution in [-0.4, -0.2) is 34.2 Å². The van der Waals surface area contributed by atoms with Crippen LogP contribution in [0.25, 0.3) is 0 Å². The van der Waals surface area contributed by atoms with Gasteiger partial charge in [0.05, 0.1) is 12.2 Å². The fourth-order valence-electron chi connectivity index (χ4n) is 1.50. The van der Waals surface area contributed by atoms with E-state index in [-0.39, 0.29) is 12.2 Å². The van der Waals surface area contributed by atoms with Crippen molar-refractivity contribution in [1.82, 2.24) is 0 Å². The second-order valence-corrected chi connectivity index (χ2v) is 6.83. The second-order valence-electron chi connectivity index (χ2n) is 5.38. The van der Waals surface area contributed by atoms with E-state index in [0.29, 0.717) is 12.1 Å². The van der Waals surface area contributed by atoms with E-state index in [9.17, 15) is 22.0 Å². The number of halogens is 5. The van der Waals surface area contributed by atoms with Gasteiger partial charge in [0, 0.05) is 0 Å². The van der Waals surface area contributed by atoms with Gasteiger partial charge in [-0.25, -0.2) is 8.78 Å². The molecule has 0 aromatic heterocycles. The van der Waals surface area contributed by atoms with Crippen LogP contribution in [0.4, 0.5) is 22.0 Å². The van der Waals surface area contributed by atoms with Gasteiger partial charge in [-0.15, -0.1) is 0 Å². The number of hydrogen-bond acceptors (Lipinski definition) is 4. The van der Waals surface area contributed by atoms with Crippen molar-refractivity contribution < 1.29 is 40.6 Å². The third kappa shape index (κ3) is 6.71. The van der Waals surface area contributed by atoms with E-state index in [1.807, 2.05) is 0 Å². The van der Waals surface area contributed by atoms with Crippen molar-refractivity contribution in [3.8, 4) is 5.75 Å². The predicted octanol–water partition coefficient (Wildman–Crippen LogP) is 3.27. The van der Waals surface area contributed by atoms with Gasteiger partial charge in [-0.3, -0.25) is 0 Å². The van der Waals surface area contributed by atoms with Crippen molar-refractivity contribution >= 4 is 9.76 Å². The average molecular weight is 374 g/mol. The van der Waals surface area contributed by atoms with Gasteiger partial charge in [0.2, 0.25) is 5.82 Å². The zero-order valence-electron chi connectivity index (χ0n) is 13.6. The van der Waals surface area contributed by atoms with Crippen molar-refractivity contribution in [2.75, 3.05) is 0 Å². The maximum atomic E-state index is 13.8. The second kappa shape index (κ2) is 8.74. The van der Waals surface area contributed by atoms with E-state index in [1.54, 1.807) is 27.7 Å². The molecular formula is C14H19F5O4Si. The van der Waals surface area contributed by atoms with E-state index < -0.39 is 45.2 Å². The third-order valence-electron chi connectivity index (χ3n) is 2.41. The van der Waals surface area contributed by atoms with Gasteiger partial charge in [0.25, 0.3) is 6.48 Å². The highest BCUT2D eigenvalue weighted by molar-refractivity contribution is 6.30. The Morgan fingerprint density at radius 1 is 0.917 bits per heavy atom. The fourth-order valence-corrected chi connectivity index (χ4v) is 2.20. The molecule has 1 aromatic carbocycles. The smallest absolute Gasteiger partial charge is 0.389 e. The Kier molecular flexibility index (Phi) is 7.58. The molecule has 0 fully saturated rings. The van der Waals surface area contributed by atoms with Gasteiger partial charge in [-0.05, 0) is 39.8 Å². The number of rotatable bonds is 9. The Labute approximate surface area is 138 Å². The molecule has 0 aliphatic carbocycles. The number of hydrogen-bond donors (Lipinski definition) is 0. The van der Waals surface area contributed by atoms with E-state index in [2.05, 4.69) is 4.74 Å². The normalized spacial score (nSPS) is 13.0. The van der Waals surface area contributed by atoms with Crippen molar-refractivity contribution in [2.24, 2.45) is 0 Å². The summed E-state index contributed by atoms with van der Waals surface area (Å²) >= 11 is 0. The summed E-state index contributed by atoms with van der Waals surface area (Å²) in [5.74, 6) is -6.35. The molecule has 24 heavy (non-hydrogen) atoms. The molecule has 10 heteroatoms. The molecule has 0 spiro atoms. The molecular weight excluding hydrogens is 355 g/mol. The molecule has 0 aliphatic heterocycles. The van der Waals surface area contributed by atoms with E-state index in [0.717, 1.165) is 0 Å². The maximum absolute atomic E-state index is 13.8. The van der Waals surface area contributed by atoms with Crippen LogP contribution in [0.3, 0.4) is 0 Å². The SMILES string of the molecule is CC(C)OC(O[SiH2]C(F)(F)Oc1ccc(F)c(F)c1F)OC(C)C. The molecule has 138 valence electrons. The fraction of sp³-hybridized carbons (Fsp3) is 0.571. The van der Waals surface area contributed by atoms with E-state index in [1.165, 1.54) is 0 Å². The molecule has 0 heterocycles. The van der Waals surface area contributed by atoms with Gasteiger partial charge < -0.3 is 18.6 Å². The number of ether oxygens (including phenoxy) is 3. The Morgan fingerprint density at radius 3 is 1.96 bits per heavy atom. The standard InChI is InChI=1S/C14H19F5O4Si/c1-7(2)20-13(21-8(3)4)23-24-14(18,19)22-10-6-5-9(15)11(16)12(10)17/h5-8,13H,24H2,1-4H3. The lowest BCUT2D eigenvalue weighted by Crippen LogP contribution is -2.39. The van der Waals surface area contributed by atoms with Crippen molar-refractivity contribution in [1.29, 1.82) is 0 Å². The molecule has 0 bridgehead atoms. The molecule has 1 aromatic rings. The van der Waals surface area contributed by atoms with Crippen LogP contribution >= 0.6 is 0 Å². The molecule has 0 unspecified atom stereocenters. The van der Waals surface area contributed by atoms with Crippen molar-refractivity contribution in [3.63, 3.8) is 0 Å². The van der Waals surface area contributed by atoms with Crippen LogP contribution in [0.5, 0.6) is 5.75 Å². The highest BCUT2D eigenvalue weighted by Gasteiger charge is 2.36. The lowest BCUT2D eigenvalue weighted by Gasteiger charge is -2.25. The van der Waals surface area contributed by atoms with Gasteiger partial charge in [0.1, 0.15) is 0 Å². The Morgan fingerprint density at radius 2 is 1.46 bits per heavy atom. The molecule has 0 amide bonds. The summed E-state index contributed by atoms with van der Waals surface area (Å²) < 4.78 is 86.2. The third-order valence-corrected chi connectivity index (χ3v) is 3.33. The lowest BCUT2D eigenvalue weighted by atomic mass is 10.3. The van der Waals surface area contributed by atoms with Crippen LogP contribution < -0.4 is 4.74 Å².